The molecule has 0 spiro atoms. The zero-order chi connectivity index (χ0) is 16.8. The van der Waals surface area contributed by atoms with E-state index >= 15 is 0 Å². The van der Waals surface area contributed by atoms with Crippen molar-refractivity contribution in [2.24, 2.45) is 0 Å². The van der Waals surface area contributed by atoms with E-state index in [1.54, 1.807) is 35.2 Å². The van der Waals surface area contributed by atoms with Gasteiger partial charge in [-0.2, -0.15) is 0 Å². The zero-order valence-corrected chi connectivity index (χ0v) is 13.2. The van der Waals surface area contributed by atoms with Crippen molar-refractivity contribution in [3.05, 3.63) is 42.5 Å². The summed E-state index contributed by atoms with van der Waals surface area (Å²) in [4.78, 5) is 37.3. The third-order valence-electron chi connectivity index (χ3n) is 3.69. The number of hydrogen-bond acceptors (Lipinski definition) is 3. The van der Waals surface area contributed by atoms with Crippen molar-refractivity contribution < 1.29 is 14.4 Å². The van der Waals surface area contributed by atoms with E-state index in [1.165, 1.54) is 6.92 Å². The second kappa shape index (κ2) is 7.58. The van der Waals surface area contributed by atoms with Gasteiger partial charge in [-0.1, -0.05) is 6.08 Å². The third kappa shape index (κ3) is 4.18. The van der Waals surface area contributed by atoms with E-state index in [9.17, 15) is 14.4 Å². The van der Waals surface area contributed by atoms with Crippen LogP contribution in [0.25, 0.3) is 0 Å². The summed E-state index contributed by atoms with van der Waals surface area (Å²) in [6.07, 6.45) is 3.08. The molecule has 1 atom stereocenters. The van der Waals surface area contributed by atoms with Crippen molar-refractivity contribution >= 4 is 23.4 Å². The van der Waals surface area contributed by atoms with E-state index in [-0.39, 0.29) is 17.7 Å². The Hall–Kier alpha value is -2.63. The van der Waals surface area contributed by atoms with Crippen molar-refractivity contribution in [2.75, 3.05) is 18.4 Å². The number of benzene rings is 1. The van der Waals surface area contributed by atoms with Gasteiger partial charge in [0.05, 0.1) is 0 Å². The van der Waals surface area contributed by atoms with Gasteiger partial charge in [0.1, 0.15) is 6.04 Å². The molecule has 3 amide bonds. The maximum Gasteiger partial charge on any atom is 0.254 e. The minimum atomic E-state index is -0.433. The van der Waals surface area contributed by atoms with Gasteiger partial charge in [-0.25, -0.2) is 0 Å². The van der Waals surface area contributed by atoms with E-state index in [4.69, 9.17) is 0 Å². The molecule has 1 aliphatic rings. The van der Waals surface area contributed by atoms with E-state index in [0.29, 0.717) is 30.8 Å². The highest BCUT2D eigenvalue weighted by Gasteiger charge is 2.34. The number of anilines is 1. The van der Waals surface area contributed by atoms with E-state index in [0.717, 1.165) is 6.42 Å². The number of carbonyl (C=O) groups is 3. The van der Waals surface area contributed by atoms with Crippen LogP contribution >= 0.6 is 0 Å². The smallest absolute Gasteiger partial charge is 0.254 e. The molecule has 1 heterocycles. The van der Waals surface area contributed by atoms with Gasteiger partial charge in [-0.3, -0.25) is 14.4 Å². The first-order chi connectivity index (χ1) is 11.0. The van der Waals surface area contributed by atoms with Crippen molar-refractivity contribution in [1.82, 2.24) is 10.2 Å². The molecule has 1 aromatic rings. The topological polar surface area (TPSA) is 78.5 Å². The Labute approximate surface area is 135 Å². The van der Waals surface area contributed by atoms with E-state index in [1.807, 2.05) is 0 Å². The van der Waals surface area contributed by atoms with Gasteiger partial charge in [0.25, 0.3) is 5.91 Å². The molecule has 1 aromatic carbocycles. The molecule has 6 nitrogen and oxygen atoms in total. The lowest BCUT2D eigenvalue weighted by Gasteiger charge is -2.24. The number of carbonyl (C=O) groups excluding carboxylic acids is 3. The molecule has 1 aliphatic heterocycles. The fraction of sp³-hybridized carbons (Fsp3) is 0.353. The lowest BCUT2D eigenvalue weighted by molar-refractivity contribution is -0.124. The third-order valence-corrected chi connectivity index (χ3v) is 3.69. The molecular weight excluding hydrogens is 294 g/mol. The molecule has 23 heavy (non-hydrogen) atoms. The van der Waals surface area contributed by atoms with Gasteiger partial charge in [0.2, 0.25) is 11.8 Å². The Morgan fingerprint density at radius 3 is 2.61 bits per heavy atom. The summed E-state index contributed by atoms with van der Waals surface area (Å²) in [6, 6.07) is 6.24. The maximum atomic E-state index is 12.6. The van der Waals surface area contributed by atoms with E-state index < -0.39 is 6.04 Å². The summed E-state index contributed by atoms with van der Waals surface area (Å²) in [5.41, 5.74) is 1.14. The fourth-order valence-electron chi connectivity index (χ4n) is 2.64. The Morgan fingerprint density at radius 2 is 2.00 bits per heavy atom. The molecule has 122 valence electrons. The Bertz CT molecular complexity index is 610. The van der Waals surface area contributed by atoms with Gasteiger partial charge < -0.3 is 15.5 Å². The maximum absolute atomic E-state index is 12.6. The van der Waals surface area contributed by atoms with Crippen LogP contribution in [0.1, 0.15) is 30.1 Å². The Balaban J connectivity index is 2.07. The first-order valence-electron chi connectivity index (χ1n) is 7.60. The minimum Gasteiger partial charge on any atom is -0.351 e. The van der Waals surface area contributed by atoms with Crippen LogP contribution in [0, 0.1) is 0 Å². The van der Waals surface area contributed by atoms with Crippen molar-refractivity contribution in [1.29, 1.82) is 0 Å². The lowest BCUT2D eigenvalue weighted by atomic mass is 10.1. The minimum absolute atomic E-state index is 0.148. The molecule has 2 N–H and O–H groups in total. The molecule has 6 heteroatoms. The molecule has 0 aliphatic carbocycles. The predicted molar refractivity (Wildman–Crippen MR) is 88.0 cm³/mol. The molecule has 1 unspecified atom stereocenters. The highest BCUT2D eigenvalue weighted by Crippen LogP contribution is 2.21. The molecular formula is C17H21N3O3. The average Bonchev–Trinajstić information content (AvgIpc) is 3.01. The molecule has 0 aromatic heterocycles. The standard InChI is InChI=1S/C17H21N3O3/c1-3-10-18-16(22)15-5-4-11-20(15)17(23)13-6-8-14(9-7-13)19-12(2)21/h3,6-9,15H,1,4-5,10-11H2,2H3,(H,18,22)(H,19,21). The highest BCUT2D eigenvalue weighted by atomic mass is 16.2. The van der Waals surface area contributed by atoms with Crippen LogP contribution in [0.2, 0.25) is 0 Å². The molecule has 2 rings (SSSR count). The normalized spacial score (nSPS) is 16.7. The van der Waals surface area contributed by atoms with Gasteiger partial charge in [0, 0.05) is 31.3 Å². The first-order valence-corrected chi connectivity index (χ1v) is 7.60. The number of nitrogens with one attached hydrogen (secondary N) is 2. The fourth-order valence-corrected chi connectivity index (χ4v) is 2.64. The van der Waals surface area contributed by atoms with Crippen LogP contribution < -0.4 is 10.6 Å². The average molecular weight is 315 g/mol. The van der Waals surface area contributed by atoms with Crippen LogP contribution in [0.3, 0.4) is 0 Å². The van der Waals surface area contributed by atoms with Gasteiger partial charge >= 0.3 is 0 Å². The molecule has 1 fully saturated rings. The molecule has 0 bridgehead atoms. The quantitative estimate of drug-likeness (QED) is 0.809. The van der Waals surface area contributed by atoms with Crippen LogP contribution in [0.5, 0.6) is 0 Å². The number of rotatable bonds is 5. The number of hydrogen-bond donors (Lipinski definition) is 2. The highest BCUT2D eigenvalue weighted by molar-refractivity contribution is 5.98. The predicted octanol–water partition coefficient (Wildman–Crippen LogP) is 1.55. The van der Waals surface area contributed by atoms with E-state index in [2.05, 4.69) is 17.2 Å². The van der Waals surface area contributed by atoms with Crippen molar-refractivity contribution in [2.45, 2.75) is 25.8 Å². The summed E-state index contributed by atoms with van der Waals surface area (Å²) in [7, 11) is 0. The Morgan fingerprint density at radius 1 is 1.30 bits per heavy atom. The van der Waals surface area contributed by atoms with Crippen LogP contribution in [0.4, 0.5) is 5.69 Å². The van der Waals surface area contributed by atoms with Crippen molar-refractivity contribution in [3.8, 4) is 0 Å². The number of amides is 3. The zero-order valence-electron chi connectivity index (χ0n) is 13.2. The second-order valence-corrected chi connectivity index (χ2v) is 5.45. The molecule has 1 saturated heterocycles. The second-order valence-electron chi connectivity index (χ2n) is 5.45. The van der Waals surface area contributed by atoms with Crippen molar-refractivity contribution in [3.63, 3.8) is 0 Å². The largest absolute Gasteiger partial charge is 0.351 e. The molecule has 0 saturated carbocycles. The summed E-state index contributed by atoms with van der Waals surface area (Å²) in [6.45, 7) is 5.95. The summed E-state index contributed by atoms with van der Waals surface area (Å²) in [5.74, 6) is -0.483. The summed E-state index contributed by atoms with van der Waals surface area (Å²) >= 11 is 0. The van der Waals surface area contributed by atoms with Gasteiger partial charge in [-0.05, 0) is 37.1 Å². The summed E-state index contributed by atoms with van der Waals surface area (Å²) in [5, 5.41) is 5.40. The van der Waals surface area contributed by atoms with Crippen LogP contribution in [-0.4, -0.2) is 41.8 Å². The first kappa shape index (κ1) is 16.7. The van der Waals surface area contributed by atoms with Gasteiger partial charge in [-0.15, -0.1) is 6.58 Å². The summed E-state index contributed by atoms with van der Waals surface area (Å²) < 4.78 is 0. The molecule has 0 radical (unpaired) electrons. The SMILES string of the molecule is C=CCNC(=O)C1CCCN1C(=O)c1ccc(NC(C)=O)cc1. The monoisotopic (exact) mass is 315 g/mol. The number of nitrogens with zero attached hydrogens (tertiary/aromatic N) is 1. The van der Waals surface area contributed by atoms with Gasteiger partial charge in [0.15, 0.2) is 0 Å². The Kier molecular flexibility index (Phi) is 5.51. The van der Waals surface area contributed by atoms with Crippen LogP contribution in [-0.2, 0) is 9.59 Å². The lowest BCUT2D eigenvalue weighted by Crippen LogP contribution is -2.46. The number of likely N-dealkylation sites (tertiary alicyclic amines) is 1. The van der Waals surface area contributed by atoms with Crippen LogP contribution in [0.15, 0.2) is 36.9 Å².